The quantitative estimate of drug-likeness (QED) is 0.674. The monoisotopic (exact) mass is 486 g/mol. The van der Waals surface area contributed by atoms with E-state index in [1.165, 1.54) is 0 Å². The summed E-state index contributed by atoms with van der Waals surface area (Å²) in [6.45, 7) is 6.37. The molecule has 182 valence electrons. The van der Waals surface area contributed by atoms with E-state index >= 15 is 0 Å². The lowest BCUT2D eigenvalue weighted by molar-refractivity contribution is 0.173. The predicted octanol–water partition coefficient (Wildman–Crippen LogP) is 2.40. The van der Waals surface area contributed by atoms with Crippen molar-refractivity contribution in [1.29, 1.82) is 0 Å². The first-order chi connectivity index (χ1) is 16.5. The van der Waals surface area contributed by atoms with E-state index in [2.05, 4.69) is 10.2 Å². The Morgan fingerprint density at radius 2 is 1.79 bits per heavy atom. The number of benzene rings is 2. The summed E-state index contributed by atoms with van der Waals surface area (Å²) < 4.78 is 39.0. The zero-order valence-electron chi connectivity index (χ0n) is 19.3. The van der Waals surface area contributed by atoms with Crippen LogP contribution in [0.2, 0.25) is 0 Å². The Kier molecular flexibility index (Phi) is 6.37. The van der Waals surface area contributed by atoms with Gasteiger partial charge in [0.2, 0.25) is 16.8 Å². The van der Waals surface area contributed by atoms with Gasteiger partial charge in [0.05, 0.1) is 4.90 Å². The molecule has 9 nitrogen and oxygen atoms in total. The summed E-state index contributed by atoms with van der Waals surface area (Å²) in [5, 5.41) is 2.89. The Morgan fingerprint density at radius 1 is 1.00 bits per heavy atom. The molecule has 5 rings (SSSR count). The Labute approximate surface area is 200 Å². The van der Waals surface area contributed by atoms with Crippen LogP contribution in [0.15, 0.2) is 41.3 Å². The van der Waals surface area contributed by atoms with Gasteiger partial charge in [-0.25, -0.2) is 13.2 Å². The maximum absolute atomic E-state index is 13.3. The molecule has 0 saturated carbocycles. The number of piperazine rings is 1. The number of nitrogens with one attached hydrogen (secondary N) is 1. The first-order valence-electron chi connectivity index (χ1n) is 11.7. The van der Waals surface area contributed by atoms with E-state index in [1.807, 2.05) is 25.1 Å². The highest BCUT2D eigenvalue weighted by molar-refractivity contribution is 7.89. The van der Waals surface area contributed by atoms with Crippen molar-refractivity contribution >= 4 is 21.7 Å². The molecule has 3 heterocycles. The summed E-state index contributed by atoms with van der Waals surface area (Å²) in [7, 11) is -3.59. The summed E-state index contributed by atoms with van der Waals surface area (Å²) in [5.74, 6) is 1.52. The maximum atomic E-state index is 13.3. The second-order valence-electron chi connectivity index (χ2n) is 8.79. The lowest BCUT2D eigenvalue weighted by Crippen LogP contribution is -2.48. The average molecular weight is 487 g/mol. The van der Waals surface area contributed by atoms with Gasteiger partial charge in [-0.2, -0.15) is 4.31 Å². The van der Waals surface area contributed by atoms with E-state index in [4.69, 9.17) is 9.47 Å². The van der Waals surface area contributed by atoms with Gasteiger partial charge in [-0.3, -0.25) is 9.80 Å². The molecule has 2 amide bonds. The average Bonchev–Trinajstić information content (AvgIpc) is 3.49. The minimum Gasteiger partial charge on any atom is -0.454 e. The minimum absolute atomic E-state index is 0.130. The van der Waals surface area contributed by atoms with Gasteiger partial charge in [0.1, 0.15) is 0 Å². The predicted molar refractivity (Wildman–Crippen MR) is 128 cm³/mol. The summed E-state index contributed by atoms with van der Waals surface area (Å²) in [6, 6.07) is 10.9. The highest BCUT2D eigenvalue weighted by Crippen LogP contribution is 2.33. The van der Waals surface area contributed by atoms with Crippen LogP contribution < -0.4 is 19.7 Å². The first kappa shape index (κ1) is 22.9. The molecule has 2 aromatic rings. The number of carbonyl (C=O) groups excluding carboxylic acids is 1. The molecule has 0 bridgehead atoms. The molecule has 0 atom stereocenters. The van der Waals surface area contributed by atoms with Crippen LogP contribution in [0, 0.1) is 0 Å². The van der Waals surface area contributed by atoms with E-state index in [0.29, 0.717) is 50.6 Å². The highest BCUT2D eigenvalue weighted by Gasteiger charge is 2.31. The number of fused-ring (bicyclic) bond motifs is 2. The van der Waals surface area contributed by atoms with Crippen molar-refractivity contribution in [3.63, 3.8) is 0 Å². The molecule has 2 aromatic carbocycles. The third-order valence-corrected chi connectivity index (χ3v) is 8.42. The van der Waals surface area contributed by atoms with Crippen molar-refractivity contribution in [3.8, 4) is 11.5 Å². The molecule has 0 spiro atoms. The zero-order valence-corrected chi connectivity index (χ0v) is 20.1. The van der Waals surface area contributed by atoms with Gasteiger partial charge in [0.25, 0.3) is 0 Å². The summed E-state index contributed by atoms with van der Waals surface area (Å²) >= 11 is 0. The standard InChI is InChI=1S/C24H30N4O5S/c1-2-8-25-24(29)28-9-7-19-15-20(4-5-21(19)28)34(30,31)27-12-10-26(11-13-27)16-18-3-6-22-23(14-18)33-17-32-22/h3-6,14-15H,2,7-13,16-17H2,1H3,(H,25,29). The molecule has 10 heteroatoms. The van der Waals surface area contributed by atoms with E-state index in [-0.39, 0.29) is 12.8 Å². The van der Waals surface area contributed by atoms with Gasteiger partial charge >= 0.3 is 6.03 Å². The number of hydrogen-bond acceptors (Lipinski definition) is 6. The minimum atomic E-state index is -3.59. The third-order valence-electron chi connectivity index (χ3n) is 6.53. The second kappa shape index (κ2) is 9.44. The Bertz CT molecular complexity index is 1180. The van der Waals surface area contributed by atoms with Crippen molar-refractivity contribution < 1.29 is 22.7 Å². The normalized spacial score (nSPS) is 18.2. The molecular formula is C24H30N4O5S. The molecule has 0 unspecified atom stereocenters. The van der Waals surface area contributed by atoms with Crippen molar-refractivity contribution in [2.24, 2.45) is 0 Å². The summed E-state index contributed by atoms with van der Waals surface area (Å²) in [5.41, 5.74) is 2.81. The zero-order chi connectivity index (χ0) is 23.7. The maximum Gasteiger partial charge on any atom is 0.321 e. The molecule has 1 saturated heterocycles. The van der Waals surface area contributed by atoms with Crippen molar-refractivity contribution in [3.05, 3.63) is 47.5 Å². The van der Waals surface area contributed by atoms with Gasteiger partial charge in [0, 0.05) is 51.5 Å². The number of ether oxygens (including phenoxy) is 2. The van der Waals surface area contributed by atoms with Crippen LogP contribution in [0.5, 0.6) is 11.5 Å². The van der Waals surface area contributed by atoms with E-state index in [0.717, 1.165) is 41.3 Å². The van der Waals surface area contributed by atoms with Crippen LogP contribution in [0.3, 0.4) is 0 Å². The van der Waals surface area contributed by atoms with Crippen molar-refractivity contribution in [2.75, 3.05) is 51.0 Å². The molecule has 1 fully saturated rings. The fourth-order valence-electron chi connectivity index (χ4n) is 4.65. The fourth-order valence-corrected chi connectivity index (χ4v) is 6.12. The largest absolute Gasteiger partial charge is 0.454 e. The second-order valence-corrected chi connectivity index (χ2v) is 10.7. The number of hydrogen-bond donors (Lipinski definition) is 1. The van der Waals surface area contributed by atoms with Gasteiger partial charge in [-0.15, -0.1) is 0 Å². The lowest BCUT2D eigenvalue weighted by Gasteiger charge is -2.34. The van der Waals surface area contributed by atoms with Crippen LogP contribution in [0.4, 0.5) is 10.5 Å². The van der Waals surface area contributed by atoms with Gasteiger partial charge in [-0.05, 0) is 54.3 Å². The highest BCUT2D eigenvalue weighted by atomic mass is 32.2. The number of sulfonamides is 1. The van der Waals surface area contributed by atoms with Crippen LogP contribution in [0.25, 0.3) is 0 Å². The van der Waals surface area contributed by atoms with Crippen molar-refractivity contribution in [1.82, 2.24) is 14.5 Å². The first-order valence-corrected chi connectivity index (χ1v) is 13.2. The number of urea groups is 1. The molecule has 0 aromatic heterocycles. The van der Waals surface area contributed by atoms with E-state index < -0.39 is 10.0 Å². The molecule has 0 aliphatic carbocycles. The van der Waals surface area contributed by atoms with Gasteiger partial charge in [-0.1, -0.05) is 13.0 Å². The lowest BCUT2D eigenvalue weighted by atomic mass is 10.2. The molecule has 0 radical (unpaired) electrons. The molecule has 1 N–H and O–H groups in total. The fraction of sp³-hybridized carbons (Fsp3) is 0.458. The molecular weight excluding hydrogens is 456 g/mol. The number of amides is 2. The number of carbonyl (C=O) groups is 1. The topological polar surface area (TPSA) is 91.4 Å². The van der Waals surface area contributed by atoms with Crippen LogP contribution in [0.1, 0.15) is 24.5 Å². The Hall–Kier alpha value is -2.82. The SMILES string of the molecule is CCCNC(=O)N1CCc2cc(S(=O)(=O)N3CCN(Cc4ccc5c(c4)OCO5)CC3)ccc21. The van der Waals surface area contributed by atoms with Crippen LogP contribution in [-0.2, 0) is 23.0 Å². The Morgan fingerprint density at radius 3 is 2.59 bits per heavy atom. The molecule has 3 aliphatic heterocycles. The smallest absolute Gasteiger partial charge is 0.321 e. The number of anilines is 1. The van der Waals surface area contributed by atoms with Crippen LogP contribution in [-0.4, -0.2) is 69.7 Å². The molecule has 3 aliphatic rings. The summed E-state index contributed by atoms with van der Waals surface area (Å²) in [6.07, 6.45) is 1.52. The van der Waals surface area contributed by atoms with Gasteiger partial charge < -0.3 is 14.8 Å². The van der Waals surface area contributed by atoms with E-state index in [1.54, 1.807) is 27.4 Å². The third kappa shape index (κ3) is 4.45. The van der Waals surface area contributed by atoms with E-state index in [9.17, 15) is 13.2 Å². The number of rotatable bonds is 6. The van der Waals surface area contributed by atoms with Crippen LogP contribution >= 0.6 is 0 Å². The number of nitrogens with zero attached hydrogens (tertiary/aromatic N) is 3. The Balaban J connectivity index is 1.22. The summed E-state index contributed by atoms with van der Waals surface area (Å²) in [4.78, 5) is 16.6. The van der Waals surface area contributed by atoms with Gasteiger partial charge in [0.15, 0.2) is 11.5 Å². The van der Waals surface area contributed by atoms with Crippen molar-refractivity contribution in [2.45, 2.75) is 31.2 Å². The molecule has 34 heavy (non-hydrogen) atoms.